The molecule has 1 aliphatic heterocycles. The molecule has 0 spiro atoms. The molecule has 0 bridgehead atoms. The Kier molecular flexibility index (Phi) is 1.72. The highest BCUT2D eigenvalue weighted by Gasteiger charge is 2.43. The number of carboxylic acid groups (broad SMARTS) is 1. The number of fused-ring (bicyclic) bond motifs is 1. The van der Waals surface area contributed by atoms with Crippen LogP contribution in [-0.4, -0.2) is 40.4 Å². The van der Waals surface area contributed by atoms with Gasteiger partial charge in [0.05, 0.1) is 6.10 Å². The molecule has 1 saturated heterocycles. The van der Waals surface area contributed by atoms with Crippen LogP contribution in [0.4, 0.5) is 4.79 Å². The lowest BCUT2D eigenvalue weighted by Crippen LogP contribution is -2.29. The zero-order valence-corrected chi connectivity index (χ0v) is 6.81. The molecule has 0 aromatic rings. The highest BCUT2D eigenvalue weighted by atomic mass is 16.4. The smallest absolute Gasteiger partial charge is 0.407 e. The summed E-state index contributed by atoms with van der Waals surface area (Å²) >= 11 is 0. The third-order valence-electron chi connectivity index (χ3n) is 3.09. The predicted octanol–water partition coefficient (Wildman–Crippen LogP) is 0.367. The van der Waals surface area contributed by atoms with Gasteiger partial charge in [-0.25, -0.2) is 4.79 Å². The van der Waals surface area contributed by atoms with E-state index in [9.17, 15) is 9.90 Å². The highest BCUT2D eigenvalue weighted by Crippen LogP contribution is 2.37. The number of aliphatic hydroxyl groups is 1. The molecule has 4 heteroatoms. The average Bonchev–Trinajstić information content (AvgIpc) is 2.53. The Bertz CT molecular complexity index is 206. The van der Waals surface area contributed by atoms with Crippen molar-refractivity contribution < 1.29 is 15.0 Å². The second-order valence-corrected chi connectivity index (χ2v) is 3.76. The Labute approximate surface area is 70.8 Å². The third kappa shape index (κ3) is 1.06. The zero-order valence-electron chi connectivity index (χ0n) is 6.81. The van der Waals surface area contributed by atoms with E-state index in [1.54, 1.807) is 0 Å². The van der Waals surface area contributed by atoms with Crippen molar-refractivity contribution in [3.63, 3.8) is 0 Å². The van der Waals surface area contributed by atoms with Crippen LogP contribution in [0.3, 0.4) is 0 Å². The van der Waals surface area contributed by atoms with Crippen molar-refractivity contribution in [2.24, 2.45) is 11.8 Å². The van der Waals surface area contributed by atoms with E-state index < -0.39 is 6.09 Å². The Morgan fingerprint density at radius 3 is 2.67 bits per heavy atom. The molecular weight excluding hydrogens is 158 g/mol. The van der Waals surface area contributed by atoms with Crippen molar-refractivity contribution in [3.05, 3.63) is 0 Å². The normalized spacial score (nSPS) is 40.1. The van der Waals surface area contributed by atoms with Gasteiger partial charge in [-0.15, -0.1) is 0 Å². The molecule has 4 nitrogen and oxygen atoms in total. The minimum Gasteiger partial charge on any atom is -0.465 e. The third-order valence-corrected chi connectivity index (χ3v) is 3.09. The molecule has 1 heterocycles. The summed E-state index contributed by atoms with van der Waals surface area (Å²) in [7, 11) is 0. The first-order valence-electron chi connectivity index (χ1n) is 4.34. The van der Waals surface area contributed by atoms with Gasteiger partial charge in [0, 0.05) is 19.0 Å². The first-order valence-corrected chi connectivity index (χ1v) is 4.34. The van der Waals surface area contributed by atoms with Gasteiger partial charge in [-0.1, -0.05) is 0 Å². The van der Waals surface area contributed by atoms with Gasteiger partial charge in [-0.3, -0.25) is 0 Å². The molecule has 2 rings (SSSR count). The maximum absolute atomic E-state index is 10.6. The second kappa shape index (κ2) is 2.62. The summed E-state index contributed by atoms with van der Waals surface area (Å²) < 4.78 is 0. The lowest BCUT2D eigenvalue weighted by Gasteiger charge is -2.13. The molecular formula is C8H13NO3. The van der Waals surface area contributed by atoms with Gasteiger partial charge in [-0.2, -0.15) is 0 Å². The van der Waals surface area contributed by atoms with E-state index in [1.165, 1.54) is 4.90 Å². The van der Waals surface area contributed by atoms with Crippen LogP contribution in [0.5, 0.6) is 0 Å². The molecule has 1 amide bonds. The Morgan fingerprint density at radius 1 is 1.33 bits per heavy atom. The highest BCUT2D eigenvalue weighted by molar-refractivity contribution is 5.65. The Balaban J connectivity index is 2.03. The van der Waals surface area contributed by atoms with Gasteiger partial charge in [0.25, 0.3) is 0 Å². The van der Waals surface area contributed by atoms with E-state index in [4.69, 9.17) is 5.11 Å². The molecule has 1 saturated carbocycles. The van der Waals surface area contributed by atoms with Crippen molar-refractivity contribution in [2.45, 2.75) is 18.9 Å². The topological polar surface area (TPSA) is 60.8 Å². The van der Waals surface area contributed by atoms with E-state index in [0.717, 1.165) is 12.8 Å². The van der Waals surface area contributed by atoms with Crippen molar-refractivity contribution in [3.8, 4) is 0 Å². The fraction of sp³-hybridized carbons (Fsp3) is 0.875. The van der Waals surface area contributed by atoms with Crippen LogP contribution in [0.2, 0.25) is 0 Å². The number of rotatable bonds is 0. The number of hydrogen-bond donors (Lipinski definition) is 2. The van der Waals surface area contributed by atoms with E-state index in [0.29, 0.717) is 19.0 Å². The number of hydrogen-bond acceptors (Lipinski definition) is 2. The molecule has 1 unspecified atom stereocenters. The number of amides is 1. The van der Waals surface area contributed by atoms with Crippen molar-refractivity contribution >= 4 is 6.09 Å². The molecule has 0 radical (unpaired) electrons. The summed E-state index contributed by atoms with van der Waals surface area (Å²) in [5.74, 6) is 0.622. The van der Waals surface area contributed by atoms with Crippen LogP contribution < -0.4 is 0 Å². The van der Waals surface area contributed by atoms with Crippen LogP contribution in [0.25, 0.3) is 0 Å². The molecule has 0 aromatic carbocycles. The molecule has 0 aromatic heterocycles. The maximum Gasteiger partial charge on any atom is 0.407 e. The molecule has 2 aliphatic rings. The molecule has 1 aliphatic carbocycles. The summed E-state index contributed by atoms with van der Waals surface area (Å²) in [5, 5.41) is 18.2. The standard InChI is InChI=1S/C8H13NO3/c10-7-2-1-5-3-9(8(11)12)4-6(5)7/h5-7,10H,1-4H2,(H,11,12)/t5-,6+,7?/m0/s1. The van der Waals surface area contributed by atoms with Crippen LogP contribution in [-0.2, 0) is 0 Å². The Hall–Kier alpha value is -0.770. The quantitative estimate of drug-likeness (QED) is 0.553. The lowest BCUT2D eigenvalue weighted by molar-refractivity contribution is 0.118. The summed E-state index contributed by atoms with van der Waals surface area (Å²) in [6, 6.07) is 0. The van der Waals surface area contributed by atoms with E-state index in [1.807, 2.05) is 0 Å². The minimum atomic E-state index is -0.850. The summed E-state index contributed by atoms with van der Waals surface area (Å²) in [6.07, 6.45) is 0.717. The first kappa shape index (κ1) is 7.86. The fourth-order valence-corrected chi connectivity index (χ4v) is 2.39. The van der Waals surface area contributed by atoms with Gasteiger partial charge >= 0.3 is 6.09 Å². The van der Waals surface area contributed by atoms with Crippen LogP contribution in [0, 0.1) is 11.8 Å². The first-order chi connectivity index (χ1) is 5.68. The summed E-state index contributed by atoms with van der Waals surface area (Å²) in [6.45, 7) is 1.15. The van der Waals surface area contributed by atoms with E-state index >= 15 is 0 Å². The fourth-order valence-electron chi connectivity index (χ4n) is 2.39. The minimum absolute atomic E-state index is 0.209. The van der Waals surface area contributed by atoms with E-state index in [2.05, 4.69) is 0 Å². The summed E-state index contributed by atoms with van der Waals surface area (Å²) in [5.41, 5.74) is 0. The van der Waals surface area contributed by atoms with Crippen molar-refractivity contribution in [1.82, 2.24) is 4.90 Å². The van der Waals surface area contributed by atoms with Crippen molar-refractivity contribution in [1.29, 1.82) is 0 Å². The Morgan fingerprint density at radius 2 is 2.08 bits per heavy atom. The van der Waals surface area contributed by atoms with Gasteiger partial charge in [0.1, 0.15) is 0 Å². The largest absolute Gasteiger partial charge is 0.465 e. The predicted molar refractivity (Wildman–Crippen MR) is 41.8 cm³/mol. The average molecular weight is 171 g/mol. The zero-order chi connectivity index (χ0) is 8.72. The SMILES string of the molecule is O=C(O)N1C[C@@H]2CCC(O)[C@@H]2C1. The monoisotopic (exact) mass is 171 g/mol. The second-order valence-electron chi connectivity index (χ2n) is 3.76. The molecule has 12 heavy (non-hydrogen) atoms. The number of carbonyl (C=O) groups is 1. The molecule has 2 N–H and O–H groups in total. The summed E-state index contributed by atoms with van der Waals surface area (Å²) in [4.78, 5) is 12.0. The molecule has 2 fully saturated rings. The van der Waals surface area contributed by atoms with E-state index in [-0.39, 0.29) is 12.0 Å². The van der Waals surface area contributed by atoms with Crippen LogP contribution >= 0.6 is 0 Å². The number of aliphatic hydroxyl groups excluding tert-OH is 1. The number of nitrogens with zero attached hydrogens (tertiary/aromatic N) is 1. The maximum atomic E-state index is 10.6. The van der Waals surface area contributed by atoms with Gasteiger partial charge in [0.2, 0.25) is 0 Å². The molecule has 3 atom stereocenters. The lowest BCUT2D eigenvalue weighted by atomic mass is 10.00. The van der Waals surface area contributed by atoms with Gasteiger partial charge in [-0.05, 0) is 18.8 Å². The van der Waals surface area contributed by atoms with Crippen LogP contribution in [0.1, 0.15) is 12.8 Å². The number of likely N-dealkylation sites (tertiary alicyclic amines) is 1. The van der Waals surface area contributed by atoms with Crippen LogP contribution in [0.15, 0.2) is 0 Å². The van der Waals surface area contributed by atoms with Gasteiger partial charge < -0.3 is 15.1 Å². The molecule has 68 valence electrons. The van der Waals surface area contributed by atoms with Crippen molar-refractivity contribution in [2.75, 3.05) is 13.1 Å². The van der Waals surface area contributed by atoms with Gasteiger partial charge in [0.15, 0.2) is 0 Å².